The predicted octanol–water partition coefficient (Wildman–Crippen LogP) is 3.43. The van der Waals surface area contributed by atoms with Crippen LogP contribution < -0.4 is 5.73 Å². The van der Waals surface area contributed by atoms with Gasteiger partial charge in [0.15, 0.2) is 0 Å². The molecule has 0 amide bonds. The Morgan fingerprint density at radius 1 is 1.14 bits per heavy atom. The molecule has 0 fully saturated rings. The van der Waals surface area contributed by atoms with E-state index in [0.717, 1.165) is 0 Å². The van der Waals surface area contributed by atoms with Crippen molar-refractivity contribution in [2.45, 2.75) is 13.0 Å². The third-order valence-corrected chi connectivity index (χ3v) is 3.16. The molecule has 0 saturated heterocycles. The van der Waals surface area contributed by atoms with Crippen LogP contribution in [-0.2, 0) is 0 Å². The molecule has 14 heavy (non-hydrogen) atoms. The van der Waals surface area contributed by atoms with E-state index in [2.05, 4.69) is 41.8 Å². The van der Waals surface area contributed by atoms with E-state index in [1.165, 1.54) is 16.0 Å². The van der Waals surface area contributed by atoms with Crippen LogP contribution >= 0.6 is 11.3 Å². The molecule has 72 valence electrons. The van der Waals surface area contributed by atoms with E-state index >= 15 is 0 Å². The largest absolute Gasteiger partial charge is 0.324 e. The maximum absolute atomic E-state index is 5.79. The zero-order valence-electron chi connectivity index (χ0n) is 8.10. The Morgan fingerprint density at radius 3 is 2.36 bits per heavy atom. The molecule has 1 aromatic heterocycles. The average molecular weight is 203 g/mol. The Labute approximate surface area is 88.2 Å². The van der Waals surface area contributed by atoms with Crippen LogP contribution in [-0.4, -0.2) is 0 Å². The summed E-state index contributed by atoms with van der Waals surface area (Å²) in [5.74, 6) is 0. The van der Waals surface area contributed by atoms with Crippen molar-refractivity contribution in [3.05, 3.63) is 47.3 Å². The van der Waals surface area contributed by atoms with Gasteiger partial charge in [-0.05, 0) is 29.5 Å². The molecule has 1 unspecified atom stereocenters. The zero-order valence-corrected chi connectivity index (χ0v) is 8.92. The van der Waals surface area contributed by atoms with Gasteiger partial charge in [0.05, 0.1) is 0 Å². The SMILES string of the molecule is CC(N)c1ccc(-c2cccs2)cc1. The first kappa shape index (κ1) is 9.44. The van der Waals surface area contributed by atoms with Gasteiger partial charge in [-0.2, -0.15) is 0 Å². The van der Waals surface area contributed by atoms with Crippen LogP contribution in [0.5, 0.6) is 0 Å². The molecule has 1 nitrogen and oxygen atoms in total. The fraction of sp³-hybridized carbons (Fsp3) is 0.167. The number of thiophene rings is 1. The lowest BCUT2D eigenvalue weighted by molar-refractivity contribution is 0.818. The molecule has 1 heterocycles. The summed E-state index contributed by atoms with van der Waals surface area (Å²) in [4.78, 5) is 1.31. The summed E-state index contributed by atoms with van der Waals surface area (Å²) in [5.41, 5.74) is 8.24. The van der Waals surface area contributed by atoms with Gasteiger partial charge in [-0.1, -0.05) is 30.3 Å². The van der Waals surface area contributed by atoms with E-state index < -0.39 is 0 Å². The second-order valence-corrected chi connectivity index (χ2v) is 4.34. The fourth-order valence-electron chi connectivity index (χ4n) is 1.39. The quantitative estimate of drug-likeness (QED) is 0.795. The molecule has 1 atom stereocenters. The molecule has 2 rings (SSSR count). The molecule has 2 N–H and O–H groups in total. The molecule has 0 spiro atoms. The Balaban J connectivity index is 2.31. The van der Waals surface area contributed by atoms with Gasteiger partial charge < -0.3 is 5.73 Å². The number of hydrogen-bond donors (Lipinski definition) is 1. The summed E-state index contributed by atoms with van der Waals surface area (Å²) in [7, 11) is 0. The summed E-state index contributed by atoms with van der Waals surface area (Å²) in [5, 5.41) is 2.09. The lowest BCUT2D eigenvalue weighted by atomic mass is 10.1. The standard InChI is InChI=1S/C12H13NS/c1-9(13)10-4-6-11(7-5-10)12-3-2-8-14-12/h2-9H,13H2,1H3. The van der Waals surface area contributed by atoms with E-state index in [1.54, 1.807) is 11.3 Å². The minimum absolute atomic E-state index is 0.118. The topological polar surface area (TPSA) is 26.0 Å². The van der Waals surface area contributed by atoms with Gasteiger partial charge in [0.2, 0.25) is 0 Å². The first-order chi connectivity index (χ1) is 6.77. The molecule has 0 bridgehead atoms. The van der Waals surface area contributed by atoms with Gasteiger partial charge in [-0.25, -0.2) is 0 Å². The Morgan fingerprint density at radius 2 is 1.86 bits per heavy atom. The van der Waals surface area contributed by atoms with Crippen LogP contribution in [0.15, 0.2) is 41.8 Å². The van der Waals surface area contributed by atoms with Crippen molar-refractivity contribution in [3.8, 4) is 10.4 Å². The Hall–Kier alpha value is -1.12. The normalized spacial score (nSPS) is 12.7. The van der Waals surface area contributed by atoms with Crippen molar-refractivity contribution in [1.82, 2.24) is 0 Å². The first-order valence-corrected chi connectivity index (χ1v) is 5.55. The van der Waals surface area contributed by atoms with Crippen LogP contribution in [0.4, 0.5) is 0 Å². The molecule has 0 radical (unpaired) electrons. The van der Waals surface area contributed by atoms with Gasteiger partial charge in [0.25, 0.3) is 0 Å². The minimum atomic E-state index is 0.118. The van der Waals surface area contributed by atoms with Crippen molar-refractivity contribution < 1.29 is 0 Å². The third kappa shape index (κ3) is 1.86. The lowest BCUT2D eigenvalue weighted by Crippen LogP contribution is -2.04. The highest BCUT2D eigenvalue weighted by molar-refractivity contribution is 7.13. The number of rotatable bonds is 2. The highest BCUT2D eigenvalue weighted by atomic mass is 32.1. The van der Waals surface area contributed by atoms with Crippen LogP contribution in [0.2, 0.25) is 0 Å². The van der Waals surface area contributed by atoms with E-state index in [0.29, 0.717) is 0 Å². The second kappa shape index (κ2) is 3.95. The summed E-state index contributed by atoms with van der Waals surface area (Å²) in [6, 6.07) is 12.8. The summed E-state index contributed by atoms with van der Waals surface area (Å²) in [6.45, 7) is 2.00. The molecule has 2 aromatic rings. The van der Waals surface area contributed by atoms with Gasteiger partial charge >= 0.3 is 0 Å². The van der Waals surface area contributed by atoms with Crippen molar-refractivity contribution in [3.63, 3.8) is 0 Å². The number of nitrogens with two attached hydrogens (primary N) is 1. The van der Waals surface area contributed by atoms with Crippen LogP contribution in [0.25, 0.3) is 10.4 Å². The molecular formula is C12H13NS. The van der Waals surface area contributed by atoms with Crippen molar-refractivity contribution >= 4 is 11.3 Å². The highest BCUT2D eigenvalue weighted by Crippen LogP contribution is 2.25. The average Bonchev–Trinajstić information content (AvgIpc) is 2.71. The van der Waals surface area contributed by atoms with Crippen molar-refractivity contribution in [1.29, 1.82) is 0 Å². The highest BCUT2D eigenvalue weighted by Gasteiger charge is 2.00. The van der Waals surface area contributed by atoms with Gasteiger partial charge in [-0.15, -0.1) is 11.3 Å². The fourth-order valence-corrected chi connectivity index (χ4v) is 2.13. The lowest BCUT2D eigenvalue weighted by Gasteiger charge is -2.05. The van der Waals surface area contributed by atoms with E-state index in [9.17, 15) is 0 Å². The van der Waals surface area contributed by atoms with Crippen LogP contribution in [0.3, 0.4) is 0 Å². The summed E-state index contributed by atoms with van der Waals surface area (Å²) >= 11 is 1.76. The van der Waals surface area contributed by atoms with E-state index in [1.807, 2.05) is 6.92 Å². The first-order valence-electron chi connectivity index (χ1n) is 4.67. The number of benzene rings is 1. The smallest absolute Gasteiger partial charge is 0.0342 e. The summed E-state index contributed by atoms with van der Waals surface area (Å²) < 4.78 is 0. The van der Waals surface area contributed by atoms with E-state index in [4.69, 9.17) is 5.73 Å². The third-order valence-electron chi connectivity index (χ3n) is 2.24. The molecule has 0 saturated carbocycles. The van der Waals surface area contributed by atoms with Crippen molar-refractivity contribution in [2.24, 2.45) is 5.73 Å². The van der Waals surface area contributed by atoms with Gasteiger partial charge in [0.1, 0.15) is 0 Å². The van der Waals surface area contributed by atoms with Crippen molar-refractivity contribution in [2.75, 3.05) is 0 Å². The minimum Gasteiger partial charge on any atom is -0.324 e. The molecular weight excluding hydrogens is 190 g/mol. The second-order valence-electron chi connectivity index (χ2n) is 3.39. The number of hydrogen-bond acceptors (Lipinski definition) is 2. The summed E-state index contributed by atoms with van der Waals surface area (Å²) in [6.07, 6.45) is 0. The van der Waals surface area contributed by atoms with Crippen LogP contribution in [0.1, 0.15) is 18.5 Å². The van der Waals surface area contributed by atoms with Crippen LogP contribution in [0, 0.1) is 0 Å². The molecule has 2 heteroatoms. The zero-order chi connectivity index (χ0) is 9.97. The predicted molar refractivity (Wildman–Crippen MR) is 62.4 cm³/mol. The monoisotopic (exact) mass is 203 g/mol. The van der Waals surface area contributed by atoms with E-state index in [-0.39, 0.29) is 6.04 Å². The molecule has 0 aliphatic carbocycles. The Bertz CT molecular complexity index is 387. The van der Waals surface area contributed by atoms with Gasteiger partial charge in [-0.3, -0.25) is 0 Å². The maximum Gasteiger partial charge on any atom is 0.0342 e. The molecule has 0 aliphatic heterocycles. The Kier molecular flexibility index (Phi) is 2.66. The maximum atomic E-state index is 5.79. The molecule has 1 aromatic carbocycles. The molecule has 0 aliphatic rings. The van der Waals surface area contributed by atoms with Gasteiger partial charge in [0, 0.05) is 10.9 Å².